The zero-order valence-corrected chi connectivity index (χ0v) is 11.0. The number of rotatable bonds is 6. The normalized spacial score (nSPS) is 11.4. The van der Waals surface area contributed by atoms with Crippen LogP contribution in [0.1, 0.15) is 36.1 Å². The topological polar surface area (TPSA) is 108 Å². The molecule has 1 aromatic carbocycles. The molecule has 2 N–H and O–H groups in total. The monoisotopic (exact) mass is 277 g/mol. The molecule has 0 aliphatic heterocycles. The van der Waals surface area contributed by atoms with Gasteiger partial charge in [0.05, 0.1) is 18.2 Å². The number of carbonyl (C=O) groups excluding carboxylic acids is 1. The smallest absolute Gasteiger partial charge is 0.337 e. The molecule has 6 nitrogen and oxygen atoms in total. The first-order valence-electron chi connectivity index (χ1n) is 6.09. The van der Waals surface area contributed by atoms with Gasteiger partial charge in [-0.3, -0.25) is 4.79 Å². The molecular formula is C14H15NO5. The second kappa shape index (κ2) is 7.26. The van der Waals surface area contributed by atoms with Crippen molar-refractivity contribution in [3.63, 3.8) is 0 Å². The molecule has 0 aliphatic carbocycles. The SMILES string of the molecule is CCOC(=O)CCc1cc(C#N)ccc1C(O)C(=O)O. The molecule has 0 amide bonds. The molecule has 0 saturated carbocycles. The standard InChI is InChI=1S/C14H15NO5/c1-2-20-12(16)6-4-10-7-9(8-15)3-5-11(10)13(17)14(18)19/h3,5,7,13,17H,2,4,6H2,1H3,(H,18,19). The first-order valence-corrected chi connectivity index (χ1v) is 6.09. The number of esters is 1. The van der Waals surface area contributed by atoms with Crippen molar-refractivity contribution in [3.05, 3.63) is 34.9 Å². The number of aliphatic hydroxyl groups excluding tert-OH is 1. The highest BCUT2D eigenvalue weighted by Crippen LogP contribution is 2.21. The van der Waals surface area contributed by atoms with Crippen LogP contribution in [0.2, 0.25) is 0 Å². The Morgan fingerprint density at radius 3 is 2.70 bits per heavy atom. The summed E-state index contributed by atoms with van der Waals surface area (Å²) in [5.41, 5.74) is 0.970. The Hall–Kier alpha value is -2.39. The number of nitriles is 1. The number of carboxylic acid groups (broad SMARTS) is 1. The minimum atomic E-state index is -1.68. The van der Waals surface area contributed by atoms with Crippen molar-refractivity contribution in [2.75, 3.05) is 6.61 Å². The fourth-order valence-electron chi connectivity index (χ4n) is 1.76. The summed E-state index contributed by atoms with van der Waals surface area (Å²) < 4.78 is 4.79. The van der Waals surface area contributed by atoms with Crippen LogP contribution in [0, 0.1) is 11.3 Å². The average molecular weight is 277 g/mol. The summed E-state index contributed by atoms with van der Waals surface area (Å²) in [6.45, 7) is 1.95. The summed E-state index contributed by atoms with van der Waals surface area (Å²) in [4.78, 5) is 22.2. The van der Waals surface area contributed by atoms with Gasteiger partial charge in [-0.25, -0.2) is 4.79 Å². The van der Waals surface area contributed by atoms with E-state index in [9.17, 15) is 14.7 Å². The number of aliphatic hydroxyl groups is 1. The van der Waals surface area contributed by atoms with Crippen LogP contribution in [0.4, 0.5) is 0 Å². The number of ether oxygens (including phenoxy) is 1. The molecule has 6 heteroatoms. The summed E-state index contributed by atoms with van der Waals surface area (Å²) in [5, 5.41) is 27.3. The van der Waals surface area contributed by atoms with E-state index in [1.54, 1.807) is 6.92 Å². The van der Waals surface area contributed by atoms with Crippen molar-refractivity contribution < 1.29 is 24.5 Å². The van der Waals surface area contributed by atoms with Gasteiger partial charge < -0.3 is 14.9 Å². The van der Waals surface area contributed by atoms with Gasteiger partial charge in [-0.05, 0) is 36.6 Å². The number of aliphatic carboxylic acids is 1. The van der Waals surface area contributed by atoms with E-state index in [4.69, 9.17) is 15.1 Å². The summed E-state index contributed by atoms with van der Waals surface area (Å²) in [6, 6.07) is 6.22. The third-order valence-electron chi connectivity index (χ3n) is 2.70. The van der Waals surface area contributed by atoms with E-state index < -0.39 is 18.0 Å². The molecule has 0 fully saturated rings. The average Bonchev–Trinajstić information content (AvgIpc) is 2.44. The molecule has 0 heterocycles. The van der Waals surface area contributed by atoms with Gasteiger partial charge in [0.2, 0.25) is 0 Å². The van der Waals surface area contributed by atoms with Gasteiger partial charge in [0.1, 0.15) is 0 Å². The molecule has 0 spiro atoms. The van der Waals surface area contributed by atoms with Gasteiger partial charge in [-0.1, -0.05) is 6.07 Å². The van der Waals surface area contributed by atoms with Crippen molar-refractivity contribution in [1.29, 1.82) is 5.26 Å². The Kier molecular flexibility index (Phi) is 5.69. The highest BCUT2D eigenvalue weighted by molar-refractivity contribution is 5.75. The molecule has 106 valence electrons. The second-order valence-electron chi connectivity index (χ2n) is 4.07. The van der Waals surface area contributed by atoms with Crippen LogP contribution < -0.4 is 0 Å². The lowest BCUT2D eigenvalue weighted by Crippen LogP contribution is -2.14. The first-order chi connectivity index (χ1) is 9.49. The maximum atomic E-state index is 11.3. The maximum absolute atomic E-state index is 11.3. The van der Waals surface area contributed by atoms with E-state index in [0.29, 0.717) is 11.1 Å². The van der Waals surface area contributed by atoms with Gasteiger partial charge in [0.15, 0.2) is 6.10 Å². The predicted octanol–water partition coefficient (Wildman–Crippen LogP) is 1.17. The van der Waals surface area contributed by atoms with Crippen LogP contribution in [-0.2, 0) is 20.7 Å². The van der Waals surface area contributed by atoms with E-state index in [1.165, 1.54) is 18.2 Å². The number of aryl methyl sites for hydroxylation is 1. The Morgan fingerprint density at radius 2 is 2.15 bits per heavy atom. The van der Waals surface area contributed by atoms with Gasteiger partial charge in [0, 0.05) is 6.42 Å². The van der Waals surface area contributed by atoms with Crippen molar-refractivity contribution in [2.24, 2.45) is 0 Å². The highest BCUT2D eigenvalue weighted by atomic mass is 16.5. The second-order valence-corrected chi connectivity index (χ2v) is 4.07. The Bertz CT molecular complexity index is 547. The highest BCUT2D eigenvalue weighted by Gasteiger charge is 2.20. The third kappa shape index (κ3) is 4.07. The quantitative estimate of drug-likeness (QED) is 0.756. The summed E-state index contributed by atoms with van der Waals surface area (Å²) >= 11 is 0. The van der Waals surface area contributed by atoms with Crippen molar-refractivity contribution in [3.8, 4) is 6.07 Å². The van der Waals surface area contributed by atoms with Crippen molar-refractivity contribution in [2.45, 2.75) is 25.9 Å². The molecule has 0 radical (unpaired) electrons. The van der Waals surface area contributed by atoms with Gasteiger partial charge in [-0.15, -0.1) is 0 Å². The van der Waals surface area contributed by atoms with E-state index >= 15 is 0 Å². The molecule has 20 heavy (non-hydrogen) atoms. The first kappa shape index (κ1) is 15.7. The zero-order chi connectivity index (χ0) is 15.1. The Morgan fingerprint density at radius 1 is 1.45 bits per heavy atom. The van der Waals surface area contributed by atoms with E-state index in [1.807, 2.05) is 6.07 Å². The van der Waals surface area contributed by atoms with Crippen molar-refractivity contribution >= 4 is 11.9 Å². The molecular weight excluding hydrogens is 262 g/mol. The molecule has 1 rings (SSSR count). The van der Waals surface area contributed by atoms with E-state index in [-0.39, 0.29) is 25.0 Å². The summed E-state index contributed by atoms with van der Waals surface area (Å²) in [5.74, 6) is -1.79. The molecule has 1 unspecified atom stereocenters. The lowest BCUT2D eigenvalue weighted by molar-refractivity contribution is -0.147. The Labute approximate surface area is 116 Å². The minimum Gasteiger partial charge on any atom is -0.479 e. The fraction of sp³-hybridized carbons (Fsp3) is 0.357. The van der Waals surface area contributed by atoms with E-state index in [2.05, 4.69) is 0 Å². The fourth-order valence-corrected chi connectivity index (χ4v) is 1.76. The van der Waals surface area contributed by atoms with Crippen LogP contribution in [0.5, 0.6) is 0 Å². The van der Waals surface area contributed by atoms with Gasteiger partial charge in [0.25, 0.3) is 0 Å². The molecule has 0 bridgehead atoms. The van der Waals surface area contributed by atoms with Crippen LogP contribution in [-0.4, -0.2) is 28.8 Å². The van der Waals surface area contributed by atoms with Crippen LogP contribution in [0.3, 0.4) is 0 Å². The molecule has 0 aliphatic rings. The number of carbonyl (C=O) groups is 2. The number of benzene rings is 1. The number of hydrogen-bond acceptors (Lipinski definition) is 5. The minimum absolute atomic E-state index is 0.0576. The third-order valence-corrected chi connectivity index (χ3v) is 2.70. The van der Waals surface area contributed by atoms with Gasteiger partial charge >= 0.3 is 11.9 Å². The number of nitrogens with zero attached hydrogens (tertiary/aromatic N) is 1. The van der Waals surface area contributed by atoms with E-state index in [0.717, 1.165) is 0 Å². The Balaban J connectivity index is 2.98. The molecule has 1 atom stereocenters. The number of carboxylic acids is 1. The summed E-state index contributed by atoms with van der Waals surface area (Å²) in [7, 11) is 0. The lowest BCUT2D eigenvalue weighted by Gasteiger charge is -2.12. The van der Waals surface area contributed by atoms with Crippen LogP contribution in [0.25, 0.3) is 0 Å². The van der Waals surface area contributed by atoms with Gasteiger partial charge in [-0.2, -0.15) is 5.26 Å². The molecule has 1 aromatic rings. The van der Waals surface area contributed by atoms with Crippen LogP contribution >= 0.6 is 0 Å². The molecule has 0 saturated heterocycles. The molecule has 0 aromatic heterocycles. The summed E-state index contributed by atoms with van der Waals surface area (Å²) in [6.07, 6.45) is -1.42. The largest absolute Gasteiger partial charge is 0.479 e. The lowest BCUT2D eigenvalue weighted by atomic mass is 9.96. The predicted molar refractivity (Wildman–Crippen MR) is 68.7 cm³/mol. The van der Waals surface area contributed by atoms with Crippen LogP contribution in [0.15, 0.2) is 18.2 Å². The number of hydrogen-bond donors (Lipinski definition) is 2. The zero-order valence-electron chi connectivity index (χ0n) is 11.0. The maximum Gasteiger partial charge on any atom is 0.337 e. The van der Waals surface area contributed by atoms with Crippen molar-refractivity contribution in [1.82, 2.24) is 0 Å².